The molecule has 1 amide bonds. The molecule has 0 saturated carbocycles. The molecule has 0 fully saturated rings. The number of primary amides is 1. The van der Waals surface area contributed by atoms with Gasteiger partial charge in [-0.25, -0.2) is 9.18 Å². The Kier molecular flexibility index (Phi) is 6.22. The number of hydrogen-bond donors (Lipinski definition) is 1. The second-order valence-corrected chi connectivity index (χ2v) is 5.87. The molecule has 0 bridgehead atoms. The van der Waals surface area contributed by atoms with Gasteiger partial charge in [-0.2, -0.15) is 0 Å². The zero-order valence-corrected chi connectivity index (χ0v) is 14.6. The smallest absolute Gasteiger partial charge is 0.338 e. The molecule has 0 aromatic heterocycles. The van der Waals surface area contributed by atoms with Gasteiger partial charge in [-0.1, -0.05) is 29.3 Å². The van der Waals surface area contributed by atoms with Crippen LogP contribution in [0.4, 0.5) is 4.39 Å². The monoisotopic (exact) mass is 385 g/mol. The number of carbonyl (C=O) groups excluding carboxylic acids is 2. The molecule has 0 aliphatic carbocycles. The Hall–Kier alpha value is -2.31. The van der Waals surface area contributed by atoms with Crippen molar-refractivity contribution in [1.82, 2.24) is 0 Å². The summed E-state index contributed by atoms with van der Waals surface area (Å²) in [6.45, 7) is 1.21. The van der Waals surface area contributed by atoms with Crippen LogP contribution in [0.15, 0.2) is 36.4 Å². The Morgan fingerprint density at radius 1 is 1.24 bits per heavy atom. The van der Waals surface area contributed by atoms with E-state index in [4.69, 9.17) is 38.4 Å². The van der Waals surface area contributed by atoms with Gasteiger partial charge in [0.15, 0.2) is 6.61 Å². The first-order chi connectivity index (χ1) is 11.8. The van der Waals surface area contributed by atoms with Crippen molar-refractivity contribution < 1.29 is 23.5 Å². The molecule has 0 aliphatic rings. The van der Waals surface area contributed by atoms with Crippen molar-refractivity contribution in [1.29, 1.82) is 0 Å². The van der Waals surface area contributed by atoms with Gasteiger partial charge < -0.3 is 15.2 Å². The van der Waals surface area contributed by atoms with E-state index in [9.17, 15) is 14.0 Å². The number of hydrogen-bond acceptors (Lipinski definition) is 4. The molecule has 2 aromatic carbocycles. The maximum absolute atomic E-state index is 13.6. The quantitative estimate of drug-likeness (QED) is 0.603. The molecular weight excluding hydrogens is 372 g/mol. The normalized spacial score (nSPS) is 11.7. The predicted octanol–water partition coefficient (Wildman–Crippen LogP) is 3.91. The van der Waals surface area contributed by atoms with E-state index in [-0.39, 0.29) is 33.5 Å². The molecule has 0 saturated heterocycles. The Morgan fingerprint density at radius 3 is 2.64 bits per heavy atom. The largest absolute Gasteiger partial charge is 0.484 e. The lowest BCUT2D eigenvalue weighted by Crippen LogP contribution is -2.20. The van der Waals surface area contributed by atoms with Crippen LogP contribution < -0.4 is 10.5 Å². The maximum atomic E-state index is 13.6. The van der Waals surface area contributed by atoms with E-state index in [1.165, 1.54) is 25.1 Å². The lowest BCUT2D eigenvalue weighted by molar-refractivity contribution is -0.119. The summed E-state index contributed by atoms with van der Waals surface area (Å²) in [6, 6.07) is 8.47. The average molecular weight is 386 g/mol. The minimum atomic E-state index is -0.876. The van der Waals surface area contributed by atoms with Gasteiger partial charge in [-0.05, 0) is 37.3 Å². The number of amides is 1. The molecule has 0 heterocycles. The highest BCUT2D eigenvalue weighted by molar-refractivity contribution is 6.36. The van der Waals surface area contributed by atoms with Crippen LogP contribution in [0.5, 0.6) is 5.75 Å². The maximum Gasteiger partial charge on any atom is 0.338 e. The van der Waals surface area contributed by atoms with Crippen LogP contribution in [0.25, 0.3) is 0 Å². The van der Waals surface area contributed by atoms with Gasteiger partial charge in [-0.3, -0.25) is 4.79 Å². The van der Waals surface area contributed by atoms with Gasteiger partial charge in [0, 0.05) is 10.6 Å². The lowest BCUT2D eigenvalue weighted by atomic mass is 10.1. The fourth-order valence-corrected chi connectivity index (χ4v) is 2.75. The van der Waals surface area contributed by atoms with Crippen molar-refractivity contribution in [2.24, 2.45) is 5.73 Å². The van der Waals surface area contributed by atoms with E-state index in [1.807, 2.05) is 0 Å². The molecule has 1 unspecified atom stereocenters. The van der Waals surface area contributed by atoms with Gasteiger partial charge in [0.1, 0.15) is 17.7 Å². The number of nitrogens with two attached hydrogens (primary N) is 1. The second kappa shape index (κ2) is 8.18. The highest BCUT2D eigenvalue weighted by Gasteiger charge is 2.21. The molecule has 0 spiro atoms. The summed E-state index contributed by atoms with van der Waals surface area (Å²) < 4.78 is 24.0. The summed E-state index contributed by atoms with van der Waals surface area (Å²) in [7, 11) is 0. The molecule has 5 nitrogen and oxygen atoms in total. The third kappa shape index (κ3) is 4.84. The third-order valence-corrected chi connectivity index (χ3v) is 3.93. The van der Waals surface area contributed by atoms with Gasteiger partial charge in [0.2, 0.25) is 0 Å². The van der Waals surface area contributed by atoms with Crippen molar-refractivity contribution in [3.05, 3.63) is 63.4 Å². The fraction of sp³-hybridized carbons (Fsp3) is 0.176. The fourth-order valence-electron chi connectivity index (χ4n) is 2.07. The second-order valence-electron chi connectivity index (χ2n) is 5.09. The van der Waals surface area contributed by atoms with E-state index in [2.05, 4.69) is 0 Å². The molecule has 8 heteroatoms. The van der Waals surface area contributed by atoms with E-state index < -0.39 is 23.8 Å². The summed E-state index contributed by atoms with van der Waals surface area (Å²) in [5.74, 6) is -1.71. The number of rotatable bonds is 6. The number of benzene rings is 2. The molecule has 2 aromatic rings. The van der Waals surface area contributed by atoms with E-state index in [0.29, 0.717) is 0 Å². The van der Waals surface area contributed by atoms with Crippen molar-refractivity contribution in [3.63, 3.8) is 0 Å². The van der Waals surface area contributed by atoms with Gasteiger partial charge in [0.05, 0.1) is 10.6 Å². The summed E-state index contributed by atoms with van der Waals surface area (Å²) in [5.41, 5.74) is 5.35. The first-order valence-corrected chi connectivity index (χ1v) is 7.90. The first kappa shape index (κ1) is 19.0. The van der Waals surface area contributed by atoms with E-state index in [1.54, 1.807) is 12.1 Å². The van der Waals surface area contributed by atoms with Crippen LogP contribution in [0, 0.1) is 5.82 Å². The molecule has 132 valence electrons. The van der Waals surface area contributed by atoms with Crippen LogP contribution in [0.1, 0.15) is 28.9 Å². The summed E-state index contributed by atoms with van der Waals surface area (Å²) in [4.78, 5) is 23.0. The van der Waals surface area contributed by atoms with E-state index in [0.717, 1.165) is 6.07 Å². The minimum Gasteiger partial charge on any atom is -0.484 e. The summed E-state index contributed by atoms with van der Waals surface area (Å²) in [6.07, 6.45) is -0.876. The number of halogens is 3. The summed E-state index contributed by atoms with van der Waals surface area (Å²) in [5, 5.41) is -0.0171. The van der Waals surface area contributed by atoms with Crippen LogP contribution in [-0.2, 0) is 9.53 Å². The zero-order valence-electron chi connectivity index (χ0n) is 13.1. The minimum absolute atomic E-state index is 0.178. The summed E-state index contributed by atoms with van der Waals surface area (Å²) >= 11 is 11.9. The molecule has 1 atom stereocenters. The molecule has 25 heavy (non-hydrogen) atoms. The van der Waals surface area contributed by atoms with Crippen molar-refractivity contribution in [2.75, 3.05) is 6.61 Å². The highest BCUT2D eigenvalue weighted by atomic mass is 35.5. The number of ether oxygens (including phenoxy) is 2. The molecule has 2 N–H and O–H groups in total. The van der Waals surface area contributed by atoms with Crippen molar-refractivity contribution in [2.45, 2.75) is 13.0 Å². The molecule has 0 aliphatic heterocycles. The SMILES string of the molecule is CC(OC(=O)c1cccc(OCC(N)=O)c1)c1c(Cl)ccc(F)c1Cl. The van der Waals surface area contributed by atoms with E-state index >= 15 is 0 Å². The number of esters is 1. The molecule has 2 rings (SSSR count). The van der Waals surface area contributed by atoms with Gasteiger partial charge in [0.25, 0.3) is 5.91 Å². The first-order valence-electron chi connectivity index (χ1n) is 7.15. The van der Waals surface area contributed by atoms with Crippen LogP contribution in [-0.4, -0.2) is 18.5 Å². The third-order valence-electron chi connectivity index (χ3n) is 3.22. The van der Waals surface area contributed by atoms with Crippen LogP contribution >= 0.6 is 23.2 Å². The predicted molar refractivity (Wildman–Crippen MR) is 91.4 cm³/mol. The Labute approximate surface area is 153 Å². The zero-order chi connectivity index (χ0) is 18.6. The Bertz CT molecular complexity index is 813. The Balaban J connectivity index is 2.16. The highest BCUT2D eigenvalue weighted by Crippen LogP contribution is 2.34. The molecule has 0 radical (unpaired) electrons. The topological polar surface area (TPSA) is 78.6 Å². The Morgan fingerprint density at radius 2 is 1.96 bits per heavy atom. The number of carbonyl (C=O) groups is 2. The standard InChI is InChI=1S/C17H14Cl2FNO4/c1-9(15-12(18)5-6-13(20)16(15)19)25-17(23)10-3-2-4-11(7-10)24-8-14(21)22/h2-7,9H,8H2,1H3,(H2,21,22). The van der Waals surface area contributed by atoms with Crippen LogP contribution in [0.2, 0.25) is 10.0 Å². The van der Waals surface area contributed by atoms with Crippen LogP contribution in [0.3, 0.4) is 0 Å². The van der Waals surface area contributed by atoms with Gasteiger partial charge >= 0.3 is 5.97 Å². The molecular formula is C17H14Cl2FNO4. The lowest BCUT2D eigenvalue weighted by Gasteiger charge is -2.17. The average Bonchev–Trinajstić information content (AvgIpc) is 2.57. The van der Waals surface area contributed by atoms with Crippen molar-refractivity contribution >= 4 is 35.1 Å². The van der Waals surface area contributed by atoms with Gasteiger partial charge in [-0.15, -0.1) is 0 Å². The van der Waals surface area contributed by atoms with Crippen molar-refractivity contribution in [3.8, 4) is 5.75 Å².